The second-order valence-corrected chi connectivity index (χ2v) is 14.0. The zero-order valence-electron chi connectivity index (χ0n) is 23.5. The maximum Gasteiger partial charge on any atom is 0.257 e. The zero-order chi connectivity index (χ0) is 30.2. The molecule has 0 radical (unpaired) electrons. The first-order valence-electron chi connectivity index (χ1n) is 13.8. The van der Waals surface area contributed by atoms with Crippen molar-refractivity contribution in [3.8, 4) is 0 Å². The fourth-order valence-electron chi connectivity index (χ4n) is 5.52. The van der Waals surface area contributed by atoms with E-state index in [1.54, 1.807) is 12.1 Å². The van der Waals surface area contributed by atoms with Crippen LogP contribution in [0.1, 0.15) is 58.8 Å². The largest absolute Gasteiger partial charge is 0.356 e. The minimum absolute atomic E-state index is 0.0184. The van der Waals surface area contributed by atoms with Gasteiger partial charge < -0.3 is 15.5 Å². The van der Waals surface area contributed by atoms with Crippen LogP contribution in [0.3, 0.4) is 0 Å². The number of nitrogens with one attached hydrogen (secondary N) is 3. The molecule has 2 aromatic carbocycles. The number of ketones is 1. The molecule has 1 fully saturated rings. The molecule has 3 aromatic rings. The van der Waals surface area contributed by atoms with E-state index in [4.69, 9.17) is 0 Å². The molecule has 2 aliphatic rings. The number of thiazole rings is 1. The molecule has 13 heteroatoms. The second-order valence-electron chi connectivity index (χ2n) is 11.2. The number of hydrogen-bond acceptors (Lipinski definition) is 8. The first-order valence-corrected chi connectivity index (χ1v) is 16.5. The minimum atomic E-state index is -3.65. The Morgan fingerprint density at radius 2 is 1.90 bits per heavy atom. The van der Waals surface area contributed by atoms with Gasteiger partial charge in [-0.25, -0.2) is 13.4 Å². The topological polar surface area (TPSA) is 155 Å². The number of benzene rings is 2. The lowest BCUT2D eigenvalue weighted by Gasteiger charge is -2.30. The fraction of sp³-hybridized carbons (Fsp3) is 0.414. The number of anilines is 1. The third-order valence-corrected chi connectivity index (χ3v) is 9.10. The molecular weight excluding hydrogens is 578 g/mol. The molecule has 11 nitrogen and oxygen atoms in total. The predicted molar refractivity (Wildman–Crippen MR) is 160 cm³/mol. The summed E-state index contributed by atoms with van der Waals surface area (Å²) < 4.78 is 27.1. The smallest absolute Gasteiger partial charge is 0.257 e. The van der Waals surface area contributed by atoms with Gasteiger partial charge in [-0.15, -0.1) is 11.3 Å². The van der Waals surface area contributed by atoms with E-state index in [2.05, 4.69) is 20.3 Å². The van der Waals surface area contributed by atoms with Gasteiger partial charge in [0.1, 0.15) is 6.04 Å². The van der Waals surface area contributed by atoms with Gasteiger partial charge in [-0.1, -0.05) is 38.1 Å². The zero-order valence-corrected chi connectivity index (χ0v) is 25.2. The molecule has 1 saturated heterocycles. The van der Waals surface area contributed by atoms with Crippen LogP contribution in [0.15, 0.2) is 42.5 Å². The van der Waals surface area contributed by atoms with Crippen LogP contribution < -0.4 is 15.4 Å². The molecule has 42 heavy (non-hydrogen) atoms. The van der Waals surface area contributed by atoms with Crippen LogP contribution in [0.2, 0.25) is 0 Å². The minimum Gasteiger partial charge on any atom is -0.356 e. The molecule has 0 bridgehead atoms. The molecule has 3 amide bonds. The van der Waals surface area contributed by atoms with Crippen LogP contribution in [0.4, 0.5) is 5.69 Å². The number of hydrogen-bond donors (Lipinski definition) is 3. The van der Waals surface area contributed by atoms with Crippen molar-refractivity contribution in [3.63, 3.8) is 0 Å². The van der Waals surface area contributed by atoms with Crippen molar-refractivity contribution in [1.82, 2.24) is 20.5 Å². The Hall–Kier alpha value is -3.84. The van der Waals surface area contributed by atoms with Crippen molar-refractivity contribution in [3.05, 3.63) is 58.6 Å². The lowest BCUT2D eigenvalue weighted by Crippen LogP contribution is -2.52. The summed E-state index contributed by atoms with van der Waals surface area (Å²) in [6.45, 7) is 4.47. The molecule has 222 valence electrons. The van der Waals surface area contributed by atoms with Crippen LogP contribution in [0.5, 0.6) is 0 Å². The van der Waals surface area contributed by atoms with Crippen LogP contribution in [0, 0.1) is 11.8 Å². The normalized spacial score (nSPS) is 18.2. The SMILES string of the molecule is CC(C)C[C@@H](C(=O)N[C@@H](C[C@@H]1CCNC1=O)C(=O)c1nc2ccccc2s1)N1Cc2cccc(NS(C)(=O)=O)c2C1=O. The summed E-state index contributed by atoms with van der Waals surface area (Å²) in [7, 11) is -3.65. The average molecular weight is 612 g/mol. The Morgan fingerprint density at radius 1 is 1.14 bits per heavy atom. The molecule has 0 saturated carbocycles. The number of sulfonamides is 1. The quantitative estimate of drug-likeness (QED) is 0.282. The Morgan fingerprint density at radius 3 is 2.57 bits per heavy atom. The number of nitrogens with zero attached hydrogens (tertiary/aromatic N) is 2. The summed E-state index contributed by atoms with van der Waals surface area (Å²) >= 11 is 1.23. The molecule has 3 N–H and O–H groups in total. The highest BCUT2D eigenvalue weighted by Crippen LogP contribution is 2.33. The van der Waals surface area contributed by atoms with E-state index in [1.165, 1.54) is 22.3 Å². The van der Waals surface area contributed by atoms with Crippen LogP contribution in [-0.2, 0) is 26.2 Å². The van der Waals surface area contributed by atoms with Crippen LogP contribution >= 0.6 is 11.3 Å². The lowest BCUT2D eigenvalue weighted by molar-refractivity contribution is -0.127. The van der Waals surface area contributed by atoms with E-state index >= 15 is 0 Å². The summed E-state index contributed by atoms with van der Waals surface area (Å²) in [5, 5.41) is 5.90. The van der Waals surface area contributed by atoms with Gasteiger partial charge in [-0.3, -0.25) is 23.9 Å². The summed E-state index contributed by atoms with van der Waals surface area (Å²) in [6.07, 6.45) is 1.97. The van der Waals surface area contributed by atoms with Gasteiger partial charge in [0.25, 0.3) is 5.91 Å². The van der Waals surface area contributed by atoms with Crippen LogP contribution in [0.25, 0.3) is 10.2 Å². The number of amides is 3. The highest BCUT2D eigenvalue weighted by atomic mass is 32.2. The van der Waals surface area contributed by atoms with Gasteiger partial charge in [0.05, 0.1) is 33.8 Å². The monoisotopic (exact) mass is 611 g/mol. The van der Waals surface area contributed by atoms with Gasteiger partial charge >= 0.3 is 0 Å². The maximum atomic E-state index is 14.0. The van der Waals surface area contributed by atoms with E-state index in [0.29, 0.717) is 30.5 Å². The molecular formula is C29H33N5O6S2. The molecule has 3 heterocycles. The third kappa shape index (κ3) is 6.31. The Kier molecular flexibility index (Phi) is 8.33. The Bertz CT molecular complexity index is 1630. The van der Waals surface area contributed by atoms with Gasteiger partial charge in [0.2, 0.25) is 27.6 Å². The Balaban J connectivity index is 1.43. The number of carbonyl (C=O) groups excluding carboxylic acids is 4. The molecule has 0 unspecified atom stereocenters. The predicted octanol–water partition coefficient (Wildman–Crippen LogP) is 2.93. The third-order valence-electron chi connectivity index (χ3n) is 7.46. The van der Waals surface area contributed by atoms with Gasteiger partial charge in [-0.05, 0) is 48.9 Å². The van der Waals surface area contributed by atoms with Crippen molar-refractivity contribution in [1.29, 1.82) is 0 Å². The van der Waals surface area contributed by atoms with Crippen molar-refractivity contribution >= 4 is 60.8 Å². The van der Waals surface area contributed by atoms with Crippen molar-refractivity contribution in [2.45, 2.75) is 51.7 Å². The van der Waals surface area contributed by atoms with E-state index in [1.807, 2.05) is 38.1 Å². The molecule has 3 atom stereocenters. The van der Waals surface area contributed by atoms with Crippen molar-refractivity contribution in [2.75, 3.05) is 17.5 Å². The first-order chi connectivity index (χ1) is 19.9. The van der Waals surface area contributed by atoms with Gasteiger partial charge in [-0.2, -0.15) is 0 Å². The standard InChI is InChI=1S/C29H33N5O6S2/c1-16(2)13-22(34-15-18-7-6-9-20(24(18)29(34)38)33-42(3,39)40)27(37)31-21(14-17-11-12-30-26(17)36)25(35)28-32-19-8-4-5-10-23(19)41-28/h4-10,16-17,21-22,33H,11-15H2,1-3H3,(H,30,36)(H,31,37)/t17-,21-,22-/m0/s1. The Labute approximate surface area is 248 Å². The van der Waals surface area contributed by atoms with E-state index in [9.17, 15) is 27.6 Å². The summed E-state index contributed by atoms with van der Waals surface area (Å²) in [5.41, 5.74) is 1.63. The molecule has 2 aliphatic heterocycles. The number of rotatable bonds is 11. The molecule has 0 spiro atoms. The summed E-state index contributed by atoms with van der Waals surface area (Å²) in [4.78, 5) is 59.8. The maximum absolute atomic E-state index is 14.0. The summed E-state index contributed by atoms with van der Waals surface area (Å²) in [6, 6.07) is 10.3. The number of aromatic nitrogens is 1. The van der Waals surface area contributed by atoms with Crippen molar-refractivity contribution < 1.29 is 27.6 Å². The van der Waals surface area contributed by atoms with Crippen LogP contribution in [-0.4, -0.2) is 66.7 Å². The van der Waals surface area contributed by atoms with E-state index in [0.717, 1.165) is 11.0 Å². The summed E-state index contributed by atoms with van der Waals surface area (Å²) in [5.74, 6) is -1.96. The highest BCUT2D eigenvalue weighted by molar-refractivity contribution is 7.92. The molecule has 5 rings (SSSR count). The van der Waals surface area contributed by atoms with Gasteiger partial charge in [0, 0.05) is 19.0 Å². The molecule has 1 aromatic heterocycles. The highest BCUT2D eigenvalue weighted by Gasteiger charge is 2.40. The lowest BCUT2D eigenvalue weighted by atomic mass is 9.94. The fourth-order valence-corrected chi connectivity index (χ4v) is 7.05. The first kappa shape index (κ1) is 29.6. The van der Waals surface area contributed by atoms with Gasteiger partial charge in [0.15, 0.2) is 5.01 Å². The number of fused-ring (bicyclic) bond motifs is 2. The number of carbonyl (C=O) groups is 4. The van der Waals surface area contributed by atoms with E-state index < -0.39 is 39.8 Å². The number of Topliss-reactive ketones (excluding diaryl/α,β-unsaturated/α-hetero) is 1. The van der Waals surface area contributed by atoms with Crippen molar-refractivity contribution in [2.24, 2.45) is 11.8 Å². The number of para-hydroxylation sites is 1. The molecule has 0 aliphatic carbocycles. The average Bonchev–Trinajstić information content (AvgIpc) is 3.62. The second kappa shape index (κ2) is 11.8. The van der Waals surface area contributed by atoms with E-state index in [-0.39, 0.29) is 46.8 Å².